The minimum absolute atomic E-state index is 0.0716. The molecule has 1 aromatic heterocycles. The molecular formula is C96H156N8O40. The normalized spacial score (nSPS) is 20.6. The summed E-state index contributed by atoms with van der Waals surface area (Å²) in [6.45, 7) is 18.4. The molecular weight excluding hydrogens is 1910 g/mol. The SMILES string of the molecule is CC(=O)OC[C@H]1O[C@@H](OCCCCCCOC(=O)NCCCN(CCCCN(CCCNC(=O)OCCCCCCO[C@@H]2O[C@H](COC(C)=O)[C@H](OC(C)=O)[C@H](OC(C)=O)[C@H]2OC(C)=O)CCCNC(=O)OCCCCCCO[C@@H]2O[C@H](COC(C)=O)[C@H](OC(C)=O)[C@H](OC(C)=O)[C@H]2OC(C)=O)CCCNC(=O)OCCCCCCCCCCCCOC(=O)n2ccnc2)[C@H](OC(C)=O)[C@@H](OC(C)=O)[C@H]1OC(C)=O. The molecule has 0 aliphatic carbocycles. The van der Waals surface area contributed by atoms with E-state index in [2.05, 4.69) is 36.1 Å². The monoisotopic (exact) mass is 2060 g/mol. The van der Waals surface area contributed by atoms with Crippen molar-refractivity contribution in [3.63, 3.8) is 0 Å². The molecule has 1 aromatic rings. The topological polar surface area (TPSA) is 575 Å². The van der Waals surface area contributed by atoms with E-state index in [0.29, 0.717) is 168 Å². The predicted molar refractivity (Wildman–Crippen MR) is 502 cm³/mol. The fraction of sp³-hybridized carbons (Fsp3) is 0.792. The summed E-state index contributed by atoms with van der Waals surface area (Å²) in [5, 5.41) is 11.4. The van der Waals surface area contributed by atoms with Gasteiger partial charge in [-0.3, -0.25) is 57.5 Å². The van der Waals surface area contributed by atoms with Crippen LogP contribution < -0.4 is 21.3 Å². The number of imidazole rings is 1. The molecule has 0 unspecified atom stereocenters. The molecule has 48 nitrogen and oxygen atoms in total. The van der Waals surface area contributed by atoms with Gasteiger partial charge in [0.05, 0.1) is 33.0 Å². The molecule has 144 heavy (non-hydrogen) atoms. The fourth-order valence-corrected chi connectivity index (χ4v) is 15.6. The van der Waals surface area contributed by atoms with E-state index in [0.717, 1.165) is 139 Å². The molecule has 0 saturated carbocycles. The first kappa shape index (κ1) is 125. The van der Waals surface area contributed by atoms with Crippen LogP contribution in [0, 0.1) is 0 Å². The maximum atomic E-state index is 13.0. The molecule has 3 aliphatic heterocycles. The molecule has 15 atom stereocenters. The lowest BCUT2D eigenvalue weighted by atomic mass is 9.98. The number of nitrogens with one attached hydrogen (secondary N) is 4. The highest BCUT2D eigenvalue weighted by Gasteiger charge is 2.56. The number of alkyl carbamates (subject to hydrolysis) is 4. The van der Waals surface area contributed by atoms with E-state index in [4.69, 9.17) is 109 Å². The molecule has 4 amide bonds. The molecule has 0 bridgehead atoms. The van der Waals surface area contributed by atoms with Crippen LogP contribution in [0.5, 0.6) is 0 Å². The number of rotatable bonds is 73. The van der Waals surface area contributed by atoms with Crippen LogP contribution in [0.15, 0.2) is 18.7 Å². The predicted octanol–water partition coefficient (Wildman–Crippen LogP) is 8.60. The number of amides is 4. The molecule has 48 heteroatoms. The van der Waals surface area contributed by atoms with Crippen LogP contribution in [-0.2, 0) is 166 Å². The first-order valence-corrected chi connectivity index (χ1v) is 50.0. The lowest BCUT2D eigenvalue weighted by Crippen LogP contribution is -2.63. The second-order valence-corrected chi connectivity index (χ2v) is 34.7. The van der Waals surface area contributed by atoms with Gasteiger partial charge in [-0.1, -0.05) is 70.6 Å². The number of aromatic nitrogens is 2. The van der Waals surface area contributed by atoms with Gasteiger partial charge in [-0.15, -0.1) is 0 Å². The largest absolute Gasteiger partial charge is 0.463 e. The summed E-state index contributed by atoms with van der Waals surface area (Å²) in [6.07, 6.45) is 2.29. The van der Waals surface area contributed by atoms with E-state index in [1.54, 1.807) is 6.20 Å². The molecule has 0 spiro atoms. The molecule has 0 aromatic carbocycles. The van der Waals surface area contributed by atoms with Gasteiger partial charge in [-0.25, -0.2) is 33.5 Å². The minimum Gasteiger partial charge on any atom is -0.463 e. The van der Waals surface area contributed by atoms with Crippen LogP contribution in [-0.4, -0.2) is 352 Å². The van der Waals surface area contributed by atoms with Crippen LogP contribution in [0.4, 0.5) is 24.0 Å². The average Bonchev–Trinajstić information content (AvgIpc) is 1.04. The van der Waals surface area contributed by atoms with Crippen LogP contribution >= 0.6 is 0 Å². The lowest BCUT2D eigenvalue weighted by Gasteiger charge is -2.44. The second kappa shape index (κ2) is 74.9. The van der Waals surface area contributed by atoms with E-state index >= 15 is 0 Å². The summed E-state index contributed by atoms with van der Waals surface area (Å²) in [5.41, 5.74) is 0. The number of hydrogen-bond donors (Lipinski definition) is 4. The van der Waals surface area contributed by atoms with E-state index in [9.17, 15) is 81.5 Å². The number of unbranched alkanes of at least 4 members (excludes halogenated alkanes) is 19. The first-order chi connectivity index (χ1) is 69.0. The Morgan fingerprint density at radius 1 is 0.250 bits per heavy atom. The summed E-state index contributed by atoms with van der Waals surface area (Å²) in [7, 11) is 0. The van der Waals surface area contributed by atoms with Crippen molar-refractivity contribution < 1.29 is 190 Å². The van der Waals surface area contributed by atoms with Gasteiger partial charge in [0.25, 0.3) is 0 Å². The van der Waals surface area contributed by atoms with Gasteiger partial charge in [-0.2, -0.15) is 0 Å². The standard InChI is InChI=1S/C96H156N8O40/c1-65(105)130-61-77-80(133-68(4)108)83(136-71(7)111)86(139-74(10)114)89(142-77)122-53-29-21-24-33-57-126-93(118)99-42-38-49-102(48-37-41-98-92(117)125-56-32-19-17-15-13-14-16-18-20-36-60-129-96(121)104-52-45-97-64-104)46-27-28-47-103(50-39-43-100-94(119)127-58-34-25-22-30-54-123-90-87(140-75(11)115)84(137-72(8)112)81(134-69(5)109)78(143-90)62-131-66(2)106)51-40-44-101-95(120)128-59-35-26-23-31-55-124-91-88(141-76(12)116)85(138-73(9)113)82(135-70(6)110)79(144-91)63-132-67(3)107/h45,52,64,77-91H,13-44,46-51,53-63H2,1-12H3,(H,98,117)(H,99,118)(H,100,119)(H,101,120)/t77-,78-,79-,80+,81+,82+,83+,84+,85+,86-,87-,88-,89-,90-,91-/m1/s1. The van der Waals surface area contributed by atoms with Crippen LogP contribution in [0.3, 0.4) is 0 Å². The first-order valence-electron chi connectivity index (χ1n) is 50.0. The van der Waals surface area contributed by atoms with Gasteiger partial charge in [0.15, 0.2) is 73.8 Å². The fourth-order valence-electron chi connectivity index (χ4n) is 15.6. The Kier molecular flexibility index (Phi) is 65.2. The average molecular weight is 2060 g/mol. The molecule has 3 aliphatic rings. The maximum absolute atomic E-state index is 13.0. The zero-order valence-corrected chi connectivity index (χ0v) is 85.7. The van der Waals surface area contributed by atoms with E-state index < -0.39 is 214 Å². The number of hydrogen-bond acceptors (Lipinski definition) is 43. The summed E-state index contributed by atoms with van der Waals surface area (Å²) in [4.78, 5) is 218. The van der Waals surface area contributed by atoms with Crippen molar-refractivity contribution in [2.24, 2.45) is 0 Å². The van der Waals surface area contributed by atoms with Crippen molar-refractivity contribution in [1.29, 1.82) is 0 Å². The highest BCUT2D eigenvalue weighted by Crippen LogP contribution is 2.34. The number of esters is 12. The Morgan fingerprint density at radius 2 is 0.465 bits per heavy atom. The molecule has 4 N–H and O–H groups in total. The highest BCUT2D eigenvalue weighted by atomic mass is 16.8. The van der Waals surface area contributed by atoms with Gasteiger partial charge in [-0.05, 0) is 148 Å². The van der Waals surface area contributed by atoms with Crippen molar-refractivity contribution >= 4 is 102 Å². The third-order valence-electron chi connectivity index (χ3n) is 22.1. The Hall–Kier alpha value is -10.9. The molecule has 4 heterocycles. The highest BCUT2D eigenvalue weighted by molar-refractivity contribution is 5.73. The maximum Gasteiger partial charge on any atom is 0.419 e. The zero-order valence-electron chi connectivity index (χ0n) is 85.7. The smallest absolute Gasteiger partial charge is 0.419 e. The third-order valence-corrected chi connectivity index (χ3v) is 22.1. The number of carbonyl (C=O) groups is 17. The van der Waals surface area contributed by atoms with Crippen molar-refractivity contribution in [3.05, 3.63) is 18.7 Å². The lowest BCUT2D eigenvalue weighted by molar-refractivity contribution is -0.308. The van der Waals surface area contributed by atoms with E-state index in [-0.39, 0.29) is 52.7 Å². The number of ether oxygens (including phenoxy) is 23. The van der Waals surface area contributed by atoms with Gasteiger partial charge in [0, 0.05) is 141 Å². The minimum atomic E-state index is -1.38. The van der Waals surface area contributed by atoms with Crippen molar-refractivity contribution in [3.8, 4) is 0 Å². The molecule has 4 rings (SSSR count). The Balaban J connectivity index is 1.34. The summed E-state index contributed by atoms with van der Waals surface area (Å²) in [5.74, 6) is -8.91. The Bertz CT molecular complexity index is 3830. The van der Waals surface area contributed by atoms with Crippen molar-refractivity contribution in [2.75, 3.05) is 138 Å². The van der Waals surface area contributed by atoms with E-state index in [1.807, 2.05) is 0 Å². The van der Waals surface area contributed by atoms with Gasteiger partial charge < -0.3 is 140 Å². The summed E-state index contributed by atoms with van der Waals surface area (Å²) in [6, 6.07) is 0. The third kappa shape index (κ3) is 57.7. The van der Waals surface area contributed by atoms with Gasteiger partial charge in [0.2, 0.25) is 0 Å². The Morgan fingerprint density at radius 3 is 0.694 bits per heavy atom. The summed E-state index contributed by atoms with van der Waals surface area (Å²) >= 11 is 0. The van der Waals surface area contributed by atoms with Crippen LogP contribution in [0.2, 0.25) is 0 Å². The van der Waals surface area contributed by atoms with Crippen molar-refractivity contribution in [2.45, 2.75) is 355 Å². The number of nitrogens with zero attached hydrogens (tertiary/aromatic N) is 4. The van der Waals surface area contributed by atoms with Crippen LogP contribution in [0.25, 0.3) is 0 Å². The van der Waals surface area contributed by atoms with Crippen LogP contribution in [0.1, 0.15) is 263 Å². The number of carbonyl (C=O) groups excluding carboxylic acids is 17. The zero-order chi connectivity index (χ0) is 106. The summed E-state index contributed by atoms with van der Waals surface area (Å²) < 4.78 is 129. The molecule has 820 valence electrons. The molecule has 0 radical (unpaired) electrons. The second-order valence-electron chi connectivity index (χ2n) is 34.7. The van der Waals surface area contributed by atoms with E-state index in [1.165, 1.54) is 37.9 Å². The molecule has 3 fully saturated rings. The van der Waals surface area contributed by atoms with Crippen molar-refractivity contribution in [1.82, 2.24) is 40.6 Å². The van der Waals surface area contributed by atoms with Gasteiger partial charge in [0.1, 0.15) is 44.5 Å². The quantitative estimate of drug-likeness (QED) is 0.0269. The van der Waals surface area contributed by atoms with Gasteiger partial charge >= 0.3 is 102 Å². The Labute approximate surface area is 841 Å². The molecule has 3 saturated heterocycles.